The van der Waals surface area contributed by atoms with Crippen LogP contribution < -0.4 is 0 Å². The molecule has 26 heavy (non-hydrogen) atoms. The van der Waals surface area contributed by atoms with E-state index in [4.69, 9.17) is 0 Å². The van der Waals surface area contributed by atoms with Crippen LogP contribution in [0.15, 0.2) is 36.5 Å². The molecule has 0 saturated heterocycles. The Bertz CT molecular complexity index is 970. The van der Waals surface area contributed by atoms with E-state index in [1.807, 2.05) is 43.3 Å². The zero-order chi connectivity index (χ0) is 18.4. The molecular weight excluding hydrogens is 322 g/mol. The van der Waals surface area contributed by atoms with Gasteiger partial charge in [0.05, 0.1) is 11.7 Å². The predicted octanol–water partition coefficient (Wildman–Crippen LogP) is 4.71. The van der Waals surface area contributed by atoms with Gasteiger partial charge in [0.25, 0.3) is 5.91 Å². The molecule has 2 heterocycles. The van der Waals surface area contributed by atoms with Crippen molar-refractivity contribution in [2.24, 2.45) is 5.92 Å². The Kier molecular flexibility index (Phi) is 4.06. The second-order valence-corrected chi connectivity index (χ2v) is 7.58. The number of aromatic amines is 1. The molecule has 0 aliphatic heterocycles. The van der Waals surface area contributed by atoms with Crippen LogP contribution in [0.5, 0.6) is 0 Å². The minimum Gasteiger partial charge on any atom is -0.350 e. The van der Waals surface area contributed by atoms with Crippen molar-refractivity contribution in [3.8, 4) is 0 Å². The number of aromatic nitrogens is 2. The van der Waals surface area contributed by atoms with Gasteiger partial charge in [0.2, 0.25) is 0 Å². The van der Waals surface area contributed by atoms with Crippen LogP contribution in [-0.4, -0.2) is 27.8 Å². The Labute approximate surface area is 154 Å². The van der Waals surface area contributed by atoms with Gasteiger partial charge in [-0.1, -0.05) is 17.7 Å². The molecule has 0 spiro atoms. The highest BCUT2D eigenvalue weighted by Gasteiger charge is 2.38. The number of carbonyl (C=O) groups excluding carboxylic acids is 1. The van der Waals surface area contributed by atoms with Gasteiger partial charge in [0.15, 0.2) is 0 Å². The van der Waals surface area contributed by atoms with E-state index in [9.17, 15) is 4.79 Å². The molecule has 0 bridgehead atoms. The highest BCUT2D eigenvalue weighted by atomic mass is 16.2. The molecule has 1 aliphatic rings. The molecule has 1 amide bonds. The van der Waals surface area contributed by atoms with E-state index in [0.717, 1.165) is 35.0 Å². The minimum absolute atomic E-state index is 0.0392. The number of hydrogen-bond donors (Lipinski definition) is 1. The van der Waals surface area contributed by atoms with Gasteiger partial charge in [-0.05, 0) is 68.9 Å². The lowest BCUT2D eigenvalue weighted by Crippen LogP contribution is -2.33. The fourth-order valence-electron chi connectivity index (χ4n) is 4.02. The summed E-state index contributed by atoms with van der Waals surface area (Å²) in [4.78, 5) is 23.1. The first-order chi connectivity index (χ1) is 12.5. The average molecular weight is 347 g/mol. The van der Waals surface area contributed by atoms with Crippen LogP contribution in [-0.2, 0) is 0 Å². The van der Waals surface area contributed by atoms with Gasteiger partial charge in [-0.2, -0.15) is 0 Å². The third-order valence-electron chi connectivity index (χ3n) is 5.52. The van der Waals surface area contributed by atoms with Gasteiger partial charge < -0.3 is 9.88 Å². The summed E-state index contributed by atoms with van der Waals surface area (Å²) in [7, 11) is 1.91. The Morgan fingerprint density at radius 2 is 2.00 bits per heavy atom. The second kappa shape index (κ2) is 6.27. The molecular formula is C22H25N3O. The lowest BCUT2D eigenvalue weighted by molar-refractivity contribution is 0.0701. The van der Waals surface area contributed by atoms with Gasteiger partial charge in [0.1, 0.15) is 5.69 Å². The van der Waals surface area contributed by atoms with Crippen molar-refractivity contribution < 1.29 is 4.79 Å². The molecule has 1 saturated carbocycles. The van der Waals surface area contributed by atoms with E-state index in [1.54, 1.807) is 0 Å². The van der Waals surface area contributed by atoms with E-state index >= 15 is 0 Å². The lowest BCUT2D eigenvalue weighted by Gasteiger charge is -2.28. The monoisotopic (exact) mass is 347 g/mol. The van der Waals surface area contributed by atoms with Gasteiger partial charge in [0, 0.05) is 24.1 Å². The van der Waals surface area contributed by atoms with Crippen LogP contribution in [0.4, 0.5) is 0 Å². The first-order valence-electron chi connectivity index (χ1n) is 9.25. The highest BCUT2D eigenvalue weighted by molar-refractivity contribution is 6.01. The minimum atomic E-state index is 0.0392. The standard InChI is InChI=1S/C22H25N3O/c1-13-11-14(2)19-17(12-13)15(3)20(24-19)22(26)25(4)21(16-8-9-16)18-7-5-6-10-23-18/h5-7,10-12,16,21,24H,8-9H2,1-4H3/t21-/m1/s1. The van der Waals surface area contributed by atoms with E-state index in [2.05, 4.69) is 35.9 Å². The maximum absolute atomic E-state index is 13.3. The zero-order valence-corrected chi connectivity index (χ0v) is 15.8. The van der Waals surface area contributed by atoms with Crippen molar-refractivity contribution in [1.82, 2.24) is 14.9 Å². The second-order valence-electron chi connectivity index (χ2n) is 7.58. The van der Waals surface area contributed by atoms with E-state index < -0.39 is 0 Å². The van der Waals surface area contributed by atoms with Crippen LogP contribution in [0.3, 0.4) is 0 Å². The van der Waals surface area contributed by atoms with Crippen molar-refractivity contribution in [1.29, 1.82) is 0 Å². The van der Waals surface area contributed by atoms with Crippen LogP contribution in [0.2, 0.25) is 0 Å². The third-order valence-corrected chi connectivity index (χ3v) is 5.52. The number of rotatable bonds is 4. The topological polar surface area (TPSA) is 49.0 Å². The Morgan fingerprint density at radius 1 is 1.23 bits per heavy atom. The Morgan fingerprint density at radius 3 is 2.65 bits per heavy atom. The molecule has 4 heteroatoms. The van der Waals surface area contributed by atoms with Gasteiger partial charge in [-0.3, -0.25) is 9.78 Å². The normalized spacial score (nSPS) is 15.2. The Balaban J connectivity index is 1.74. The molecule has 1 N–H and O–H groups in total. The van der Waals surface area contributed by atoms with Gasteiger partial charge in [-0.15, -0.1) is 0 Å². The zero-order valence-electron chi connectivity index (χ0n) is 15.8. The van der Waals surface area contributed by atoms with E-state index in [-0.39, 0.29) is 11.9 Å². The summed E-state index contributed by atoms with van der Waals surface area (Å²) in [5, 5.41) is 1.14. The molecule has 1 fully saturated rings. The molecule has 1 aliphatic carbocycles. The first kappa shape index (κ1) is 16.8. The summed E-state index contributed by atoms with van der Waals surface area (Å²) in [6, 6.07) is 10.3. The van der Waals surface area contributed by atoms with Gasteiger partial charge in [-0.25, -0.2) is 0 Å². The number of nitrogens with one attached hydrogen (secondary N) is 1. The summed E-state index contributed by atoms with van der Waals surface area (Å²) >= 11 is 0. The fourth-order valence-corrected chi connectivity index (χ4v) is 4.02. The summed E-state index contributed by atoms with van der Waals surface area (Å²) in [5.41, 5.74) is 6.15. The number of H-pyrrole nitrogens is 1. The van der Waals surface area contributed by atoms with Crippen LogP contribution in [0.25, 0.3) is 10.9 Å². The van der Waals surface area contributed by atoms with Crippen LogP contribution in [0, 0.1) is 26.7 Å². The van der Waals surface area contributed by atoms with E-state index in [0.29, 0.717) is 11.6 Å². The Hall–Kier alpha value is -2.62. The number of pyridine rings is 1. The van der Waals surface area contributed by atoms with E-state index in [1.165, 1.54) is 11.1 Å². The summed E-state index contributed by atoms with van der Waals surface area (Å²) < 4.78 is 0. The number of aryl methyl sites for hydroxylation is 3. The first-order valence-corrected chi connectivity index (χ1v) is 9.25. The smallest absolute Gasteiger partial charge is 0.270 e. The summed E-state index contributed by atoms with van der Waals surface area (Å²) in [5.74, 6) is 0.547. The lowest BCUT2D eigenvalue weighted by atomic mass is 10.0. The van der Waals surface area contributed by atoms with Crippen molar-refractivity contribution in [2.45, 2.75) is 39.7 Å². The average Bonchev–Trinajstić information content (AvgIpc) is 3.40. The quantitative estimate of drug-likeness (QED) is 0.743. The van der Waals surface area contributed by atoms with Crippen molar-refractivity contribution in [2.75, 3.05) is 7.05 Å². The van der Waals surface area contributed by atoms with Gasteiger partial charge >= 0.3 is 0 Å². The summed E-state index contributed by atoms with van der Waals surface area (Å²) in [6.45, 7) is 6.21. The number of amides is 1. The molecule has 0 radical (unpaired) electrons. The molecule has 4 nitrogen and oxygen atoms in total. The summed E-state index contributed by atoms with van der Waals surface area (Å²) in [6.07, 6.45) is 4.12. The maximum Gasteiger partial charge on any atom is 0.270 e. The number of hydrogen-bond acceptors (Lipinski definition) is 2. The number of fused-ring (bicyclic) bond motifs is 1. The molecule has 1 aromatic carbocycles. The molecule has 3 aromatic rings. The molecule has 134 valence electrons. The SMILES string of the molecule is Cc1cc(C)c2[nH]c(C(=O)N(C)[C@@H](c3ccccn3)C3CC3)c(C)c2c1. The predicted molar refractivity (Wildman–Crippen MR) is 104 cm³/mol. The molecule has 4 rings (SSSR count). The third kappa shape index (κ3) is 2.79. The van der Waals surface area contributed by atoms with Crippen LogP contribution >= 0.6 is 0 Å². The van der Waals surface area contributed by atoms with Crippen molar-refractivity contribution in [3.63, 3.8) is 0 Å². The van der Waals surface area contributed by atoms with Crippen molar-refractivity contribution in [3.05, 3.63) is 64.6 Å². The largest absolute Gasteiger partial charge is 0.350 e. The fraction of sp³-hybridized carbons (Fsp3) is 0.364. The highest BCUT2D eigenvalue weighted by Crippen LogP contribution is 2.44. The molecule has 1 atom stereocenters. The number of nitrogens with zero attached hydrogens (tertiary/aromatic N) is 2. The number of benzene rings is 1. The molecule has 2 aromatic heterocycles. The number of carbonyl (C=O) groups is 1. The van der Waals surface area contributed by atoms with Crippen LogP contribution in [0.1, 0.15) is 51.8 Å². The maximum atomic E-state index is 13.3. The molecule has 0 unspecified atom stereocenters. The van der Waals surface area contributed by atoms with Crippen molar-refractivity contribution >= 4 is 16.8 Å².